The molecule has 0 aliphatic carbocycles. The average Bonchev–Trinajstić information content (AvgIpc) is 2.16. The number of alkyl halides is 3. The molecule has 72 valence electrons. The second kappa shape index (κ2) is 4.26. The van der Waals surface area contributed by atoms with Gasteiger partial charge in [0.05, 0.1) is 0 Å². The fraction of sp³-hybridized carbons (Fsp3) is 0.100. The van der Waals surface area contributed by atoms with Gasteiger partial charge in [0.15, 0.2) is 0 Å². The molecule has 0 amide bonds. The van der Waals surface area contributed by atoms with Crippen molar-refractivity contribution in [2.45, 2.75) is 6.18 Å². The summed E-state index contributed by atoms with van der Waals surface area (Å²) in [6.07, 6.45) is -2.89. The summed E-state index contributed by atoms with van der Waals surface area (Å²) in [6, 6.07) is 7.78. The summed E-state index contributed by atoms with van der Waals surface area (Å²) in [5, 5.41) is 0.584. The fourth-order valence-electron chi connectivity index (χ4n) is 1.18. The number of hydrogen-bond donors (Lipinski definition) is 0. The van der Waals surface area contributed by atoms with Crippen LogP contribution in [0, 0.1) is 6.07 Å². The zero-order chi connectivity index (χ0) is 10.2. The smallest absolute Gasteiger partial charge is 0.352 e. The minimum absolute atomic E-state index is 0. The van der Waals surface area contributed by atoms with Crippen molar-refractivity contribution in [1.82, 2.24) is 4.98 Å². The van der Waals surface area contributed by atoms with Crippen molar-refractivity contribution in [2.75, 3.05) is 0 Å². The molecule has 0 aliphatic heterocycles. The molecule has 0 atom stereocenters. The summed E-state index contributed by atoms with van der Waals surface area (Å²) in [7, 11) is 0. The summed E-state index contributed by atoms with van der Waals surface area (Å²) >= 11 is 0. The van der Waals surface area contributed by atoms with E-state index in [-0.39, 0.29) is 18.9 Å². The molecule has 2 rings (SSSR count). The molecular weight excluding hydrogens is 198 g/mol. The molecule has 1 aromatic heterocycles. The minimum atomic E-state index is -4.31. The van der Waals surface area contributed by atoms with E-state index in [1.165, 1.54) is 12.3 Å². The van der Waals surface area contributed by atoms with E-state index in [0.29, 0.717) is 10.9 Å². The van der Waals surface area contributed by atoms with Gasteiger partial charge in [0.1, 0.15) is 0 Å². The average molecular weight is 203 g/mol. The van der Waals surface area contributed by atoms with Gasteiger partial charge >= 0.3 is 25.0 Å². The first-order chi connectivity index (χ1) is 6.57. The van der Waals surface area contributed by atoms with Crippen molar-refractivity contribution in [1.29, 1.82) is 0 Å². The van der Waals surface area contributed by atoms with Crippen LogP contribution in [0.25, 0.3) is 10.9 Å². The molecule has 0 spiro atoms. The number of hydrogen-bond acceptors (Lipinski definition) is 1. The van der Waals surface area contributed by atoms with Gasteiger partial charge in [0, 0.05) is 5.56 Å². The van der Waals surface area contributed by atoms with Crippen LogP contribution in [0.3, 0.4) is 0 Å². The van der Waals surface area contributed by atoms with Crippen LogP contribution in [-0.4, -0.2) is 4.98 Å². The Morgan fingerprint density at radius 3 is 2.60 bits per heavy atom. The fourth-order valence-corrected chi connectivity index (χ4v) is 1.18. The zero-order valence-corrected chi connectivity index (χ0v) is 7.97. The molecule has 0 aliphatic rings. The Hall–Kier alpha value is -0.983. The predicted octanol–water partition coefficient (Wildman–Crippen LogP) is 0.0578. The summed E-state index contributed by atoms with van der Waals surface area (Å²) in [4.78, 5) is 3.82. The number of benzene rings is 1. The van der Waals surface area contributed by atoms with E-state index in [1.807, 2.05) is 0 Å². The molecule has 15 heavy (non-hydrogen) atoms. The van der Waals surface area contributed by atoms with Crippen LogP contribution >= 0.6 is 0 Å². The Bertz CT molecular complexity index is 467. The molecule has 1 aromatic carbocycles. The standard InChI is InChI=1S/C10H5F3N.Li/c11-10(12,13)8-4-3-7-2-1-5-14-9(7)6-8;/h1,3-6H;/q-1;+1. The van der Waals surface area contributed by atoms with Crippen LogP contribution in [0.1, 0.15) is 5.56 Å². The van der Waals surface area contributed by atoms with Gasteiger partial charge in [-0.15, -0.1) is 23.6 Å². The second-order valence-corrected chi connectivity index (χ2v) is 2.82. The van der Waals surface area contributed by atoms with E-state index in [9.17, 15) is 13.2 Å². The van der Waals surface area contributed by atoms with Gasteiger partial charge in [-0.25, -0.2) is 0 Å². The van der Waals surface area contributed by atoms with Crippen molar-refractivity contribution >= 4 is 10.9 Å². The van der Waals surface area contributed by atoms with E-state index in [4.69, 9.17) is 0 Å². The van der Waals surface area contributed by atoms with Crippen molar-refractivity contribution < 1.29 is 32.0 Å². The third-order valence-electron chi connectivity index (χ3n) is 1.85. The van der Waals surface area contributed by atoms with Crippen LogP contribution in [0.5, 0.6) is 0 Å². The van der Waals surface area contributed by atoms with Crippen LogP contribution in [-0.2, 0) is 6.18 Å². The first-order valence-corrected chi connectivity index (χ1v) is 3.91. The predicted molar refractivity (Wildman–Crippen MR) is 45.6 cm³/mol. The quantitative estimate of drug-likeness (QED) is 0.435. The van der Waals surface area contributed by atoms with Crippen LogP contribution in [0.4, 0.5) is 13.2 Å². The first-order valence-electron chi connectivity index (χ1n) is 3.91. The minimum Gasteiger partial charge on any atom is -0.352 e. The third kappa shape index (κ3) is 2.52. The summed E-state index contributed by atoms with van der Waals surface area (Å²) in [6.45, 7) is 0. The van der Waals surface area contributed by atoms with E-state index in [2.05, 4.69) is 11.1 Å². The Morgan fingerprint density at radius 2 is 1.93 bits per heavy atom. The Labute approximate surface area is 96.5 Å². The maximum Gasteiger partial charge on any atom is 1.00 e. The summed E-state index contributed by atoms with van der Waals surface area (Å²) < 4.78 is 36.8. The topological polar surface area (TPSA) is 12.9 Å². The number of rotatable bonds is 0. The molecule has 1 nitrogen and oxygen atoms in total. The van der Waals surface area contributed by atoms with Gasteiger partial charge in [0.2, 0.25) is 0 Å². The van der Waals surface area contributed by atoms with Gasteiger partial charge in [-0.3, -0.25) is 0 Å². The van der Waals surface area contributed by atoms with Crippen LogP contribution in [0.15, 0.2) is 30.5 Å². The molecule has 0 fully saturated rings. The second-order valence-electron chi connectivity index (χ2n) is 2.82. The number of fused-ring (bicyclic) bond motifs is 1. The molecule has 0 saturated heterocycles. The molecule has 0 radical (unpaired) electrons. The van der Waals surface area contributed by atoms with Gasteiger partial charge in [-0.2, -0.15) is 13.2 Å². The summed E-state index contributed by atoms with van der Waals surface area (Å²) in [5.41, 5.74) is -0.376. The number of pyridine rings is 1. The first kappa shape index (κ1) is 12.1. The zero-order valence-electron chi connectivity index (χ0n) is 7.97. The molecule has 0 N–H and O–H groups in total. The largest absolute Gasteiger partial charge is 1.00 e. The van der Waals surface area contributed by atoms with Crippen molar-refractivity contribution in [2.24, 2.45) is 0 Å². The van der Waals surface area contributed by atoms with Crippen molar-refractivity contribution in [3.05, 3.63) is 42.1 Å². The van der Waals surface area contributed by atoms with Crippen LogP contribution < -0.4 is 18.9 Å². The Balaban J connectivity index is 0.00000112. The van der Waals surface area contributed by atoms with E-state index < -0.39 is 11.7 Å². The summed E-state index contributed by atoms with van der Waals surface area (Å²) in [5.74, 6) is 0. The van der Waals surface area contributed by atoms with Gasteiger partial charge < -0.3 is 4.98 Å². The molecule has 1 heterocycles. The molecule has 0 saturated carbocycles. The van der Waals surface area contributed by atoms with Crippen molar-refractivity contribution in [3.63, 3.8) is 0 Å². The van der Waals surface area contributed by atoms with Crippen molar-refractivity contribution in [3.8, 4) is 0 Å². The van der Waals surface area contributed by atoms with Gasteiger partial charge in [-0.05, 0) is 5.52 Å². The van der Waals surface area contributed by atoms with Gasteiger partial charge in [-0.1, -0.05) is 18.3 Å². The van der Waals surface area contributed by atoms with Crippen LogP contribution in [0.2, 0.25) is 0 Å². The molecule has 0 bridgehead atoms. The van der Waals surface area contributed by atoms with E-state index >= 15 is 0 Å². The maximum absolute atomic E-state index is 12.3. The molecular formula is C10H5F3LiN. The number of aromatic nitrogens is 1. The Morgan fingerprint density at radius 1 is 1.20 bits per heavy atom. The molecule has 0 unspecified atom stereocenters. The Kier molecular flexibility index (Phi) is 3.43. The number of halogens is 3. The third-order valence-corrected chi connectivity index (χ3v) is 1.85. The normalized spacial score (nSPS) is 11.1. The maximum atomic E-state index is 12.3. The number of nitrogens with zero attached hydrogens (tertiary/aromatic N) is 1. The van der Waals surface area contributed by atoms with E-state index in [1.54, 1.807) is 6.07 Å². The SMILES string of the molecule is FC(F)(F)c1ccc2[c-]ccnc2c1.[Li+]. The van der Waals surface area contributed by atoms with E-state index in [0.717, 1.165) is 12.1 Å². The monoisotopic (exact) mass is 203 g/mol. The molecule has 2 aromatic rings. The van der Waals surface area contributed by atoms with Gasteiger partial charge in [0.25, 0.3) is 0 Å². The molecule has 5 heteroatoms.